The van der Waals surface area contributed by atoms with Gasteiger partial charge in [0.15, 0.2) is 9.84 Å². The number of hydrogen-bond acceptors (Lipinski definition) is 11. The Hall–Kier alpha value is -4.93. The van der Waals surface area contributed by atoms with Crippen LogP contribution in [0.5, 0.6) is 6.01 Å². The van der Waals surface area contributed by atoms with E-state index < -0.39 is 39.4 Å². The lowest BCUT2D eigenvalue weighted by molar-refractivity contribution is -0.137. The second-order valence-electron chi connectivity index (χ2n) is 10.3. The van der Waals surface area contributed by atoms with Crippen LogP contribution in [0, 0.1) is 0 Å². The predicted octanol–water partition coefficient (Wildman–Crippen LogP) is 4.73. The summed E-state index contributed by atoms with van der Waals surface area (Å²) in [5.74, 6) is 0.166. The standard InChI is InChI=1S/C28H27F3N8O5S/c1-44-26-35-12-18(13-36-26)16-3-8-23(33-11-16)39(27(40)41)20-6-4-19(5-7-20)37-25-34-15-22(28(29,30)31)24(38-25)17-9-21(14-32-10-17)45(2,42)43/h3,8-15,19-20H,4-7H2,1-2H3,(H,40,41)(H,34,37,38)/t19-,20-. The molecule has 0 unspecified atom stereocenters. The molecule has 1 saturated carbocycles. The quantitative estimate of drug-likeness (QED) is 0.270. The molecular formula is C28H27F3N8O5S. The molecule has 4 aromatic rings. The largest absolute Gasteiger partial charge is 0.467 e. The zero-order valence-electron chi connectivity index (χ0n) is 23.9. The smallest absolute Gasteiger partial charge is 0.419 e. The molecule has 0 aromatic carbocycles. The second kappa shape index (κ2) is 12.6. The summed E-state index contributed by atoms with van der Waals surface area (Å²) < 4.78 is 70.3. The van der Waals surface area contributed by atoms with Crippen molar-refractivity contribution in [2.45, 2.75) is 48.8 Å². The van der Waals surface area contributed by atoms with Crippen LogP contribution in [0.25, 0.3) is 22.4 Å². The zero-order chi connectivity index (χ0) is 32.4. The van der Waals surface area contributed by atoms with Gasteiger partial charge in [-0.2, -0.15) is 13.2 Å². The molecule has 4 aromatic heterocycles. The molecule has 236 valence electrons. The SMILES string of the molecule is COc1ncc(-c2ccc(N(C(=O)O)[C@H]3CC[C@H](Nc4ncc(C(F)(F)F)c(-c5cncc(S(C)(=O)=O)c5)n4)CC3)nc2)cn1. The van der Waals surface area contributed by atoms with Crippen molar-refractivity contribution < 1.29 is 36.2 Å². The molecule has 0 saturated heterocycles. The Balaban J connectivity index is 1.30. The van der Waals surface area contributed by atoms with Crippen molar-refractivity contribution >= 4 is 27.7 Å². The van der Waals surface area contributed by atoms with Crippen LogP contribution in [0.15, 0.2) is 60.3 Å². The normalized spacial score (nSPS) is 17.0. The molecule has 1 aliphatic carbocycles. The molecule has 4 heterocycles. The van der Waals surface area contributed by atoms with Gasteiger partial charge in [-0.1, -0.05) is 0 Å². The summed E-state index contributed by atoms with van der Waals surface area (Å²) in [7, 11) is -2.28. The van der Waals surface area contributed by atoms with Gasteiger partial charge in [-0.05, 0) is 43.9 Å². The minimum absolute atomic E-state index is 0.0823. The number of halogens is 3. The Bertz CT molecular complexity index is 1780. The molecular weight excluding hydrogens is 617 g/mol. The van der Waals surface area contributed by atoms with E-state index in [-0.39, 0.29) is 34.3 Å². The molecule has 0 aliphatic heterocycles. The number of ether oxygens (including phenoxy) is 1. The maximum absolute atomic E-state index is 13.8. The summed E-state index contributed by atoms with van der Waals surface area (Å²) in [6.07, 6.45) is 4.24. The number of nitrogens with one attached hydrogen (secondary N) is 1. The molecule has 0 radical (unpaired) electrons. The summed E-state index contributed by atoms with van der Waals surface area (Å²) >= 11 is 0. The maximum Gasteiger partial charge on any atom is 0.419 e. The van der Waals surface area contributed by atoms with E-state index in [1.165, 1.54) is 18.2 Å². The third kappa shape index (κ3) is 7.25. The lowest BCUT2D eigenvalue weighted by atomic mass is 9.90. The fraction of sp³-hybridized carbons (Fsp3) is 0.321. The van der Waals surface area contributed by atoms with Crippen molar-refractivity contribution in [3.05, 3.63) is 60.9 Å². The average molecular weight is 645 g/mol. The van der Waals surface area contributed by atoms with Crippen molar-refractivity contribution in [3.8, 4) is 28.4 Å². The third-order valence-corrected chi connectivity index (χ3v) is 8.33. The number of carbonyl (C=O) groups is 1. The number of anilines is 2. The summed E-state index contributed by atoms with van der Waals surface area (Å²) in [4.78, 5) is 37.4. The number of rotatable bonds is 8. The van der Waals surface area contributed by atoms with E-state index in [9.17, 15) is 31.5 Å². The topological polar surface area (TPSA) is 173 Å². The highest BCUT2D eigenvalue weighted by Crippen LogP contribution is 2.37. The lowest BCUT2D eigenvalue weighted by Crippen LogP contribution is -2.44. The van der Waals surface area contributed by atoms with Gasteiger partial charge in [-0.25, -0.2) is 38.1 Å². The van der Waals surface area contributed by atoms with Crippen LogP contribution in [0.3, 0.4) is 0 Å². The highest BCUT2D eigenvalue weighted by molar-refractivity contribution is 7.90. The van der Waals surface area contributed by atoms with Crippen molar-refractivity contribution in [3.63, 3.8) is 0 Å². The van der Waals surface area contributed by atoms with Crippen molar-refractivity contribution in [1.82, 2.24) is 29.9 Å². The molecule has 45 heavy (non-hydrogen) atoms. The molecule has 1 aliphatic rings. The number of amides is 1. The van der Waals surface area contributed by atoms with E-state index in [0.717, 1.165) is 24.7 Å². The summed E-state index contributed by atoms with van der Waals surface area (Å²) in [6, 6.07) is 3.97. The van der Waals surface area contributed by atoms with Gasteiger partial charge in [0, 0.05) is 72.2 Å². The Morgan fingerprint density at radius 1 is 0.956 bits per heavy atom. The average Bonchev–Trinajstić information content (AvgIpc) is 3.01. The Labute approximate surface area is 255 Å². The molecule has 0 spiro atoms. The van der Waals surface area contributed by atoms with Crippen LogP contribution in [-0.4, -0.2) is 75.0 Å². The Kier molecular flexibility index (Phi) is 8.81. The molecule has 5 rings (SSSR count). The number of sulfone groups is 1. The van der Waals surface area contributed by atoms with E-state index in [4.69, 9.17) is 4.74 Å². The molecule has 2 N–H and O–H groups in total. The van der Waals surface area contributed by atoms with Crippen LogP contribution >= 0.6 is 0 Å². The number of alkyl halides is 3. The van der Waals surface area contributed by atoms with Crippen molar-refractivity contribution in [2.75, 3.05) is 23.6 Å². The minimum Gasteiger partial charge on any atom is -0.467 e. The molecule has 0 bridgehead atoms. The summed E-state index contributed by atoms with van der Waals surface area (Å²) in [5, 5.41) is 13.1. The summed E-state index contributed by atoms with van der Waals surface area (Å²) in [5.41, 5.74) is -0.418. The highest BCUT2D eigenvalue weighted by atomic mass is 32.2. The second-order valence-corrected chi connectivity index (χ2v) is 12.3. The molecule has 13 nitrogen and oxygen atoms in total. The number of nitrogens with zero attached hydrogens (tertiary/aromatic N) is 7. The van der Waals surface area contributed by atoms with Gasteiger partial charge < -0.3 is 15.2 Å². The van der Waals surface area contributed by atoms with E-state index in [1.807, 2.05) is 0 Å². The summed E-state index contributed by atoms with van der Waals surface area (Å²) in [6.45, 7) is 0. The number of hydrogen-bond donors (Lipinski definition) is 2. The Morgan fingerprint density at radius 3 is 2.22 bits per heavy atom. The highest BCUT2D eigenvalue weighted by Gasteiger charge is 2.36. The van der Waals surface area contributed by atoms with Gasteiger partial charge in [0.2, 0.25) is 5.95 Å². The number of pyridine rings is 2. The van der Waals surface area contributed by atoms with Gasteiger partial charge in [0.1, 0.15) is 11.4 Å². The number of aromatic nitrogens is 6. The van der Waals surface area contributed by atoms with Crippen molar-refractivity contribution in [1.29, 1.82) is 0 Å². The maximum atomic E-state index is 13.8. The first-order chi connectivity index (χ1) is 21.3. The Morgan fingerprint density at radius 2 is 1.64 bits per heavy atom. The lowest BCUT2D eigenvalue weighted by Gasteiger charge is -2.35. The van der Waals surface area contributed by atoms with Crippen LogP contribution < -0.4 is 15.0 Å². The van der Waals surface area contributed by atoms with Crippen LogP contribution in [0.2, 0.25) is 0 Å². The van der Waals surface area contributed by atoms with Crippen LogP contribution in [-0.2, 0) is 16.0 Å². The predicted molar refractivity (Wildman–Crippen MR) is 155 cm³/mol. The molecule has 0 atom stereocenters. The van der Waals surface area contributed by atoms with Crippen LogP contribution in [0.4, 0.5) is 29.7 Å². The minimum atomic E-state index is -4.80. The molecule has 1 amide bonds. The number of carboxylic acid groups (broad SMARTS) is 1. The third-order valence-electron chi connectivity index (χ3n) is 7.25. The first kappa shape index (κ1) is 31.5. The van der Waals surface area contributed by atoms with Gasteiger partial charge in [-0.3, -0.25) is 9.88 Å². The fourth-order valence-corrected chi connectivity index (χ4v) is 5.60. The van der Waals surface area contributed by atoms with Gasteiger partial charge in [-0.15, -0.1) is 0 Å². The van der Waals surface area contributed by atoms with Crippen LogP contribution in [0.1, 0.15) is 31.2 Å². The molecule has 1 fully saturated rings. The van der Waals surface area contributed by atoms with Gasteiger partial charge in [0.05, 0.1) is 17.7 Å². The zero-order valence-corrected chi connectivity index (χ0v) is 24.7. The first-order valence-corrected chi connectivity index (χ1v) is 15.4. The van der Waals surface area contributed by atoms with E-state index in [0.29, 0.717) is 43.0 Å². The first-order valence-electron chi connectivity index (χ1n) is 13.5. The van der Waals surface area contributed by atoms with Gasteiger partial charge >= 0.3 is 18.3 Å². The monoisotopic (exact) mass is 644 g/mol. The number of methoxy groups -OCH3 is 1. The fourth-order valence-electron chi connectivity index (χ4n) is 5.00. The van der Waals surface area contributed by atoms with E-state index >= 15 is 0 Å². The van der Waals surface area contributed by atoms with E-state index in [2.05, 4.69) is 35.2 Å². The van der Waals surface area contributed by atoms with Crippen molar-refractivity contribution in [2.24, 2.45) is 0 Å². The van der Waals surface area contributed by atoms with E-state index in [1.54, 1.807) is 24.5 Å². The molecule has 17 heteroatoms. The van der Waals surface area contributed by atoms with Gasteiger partial charge in [0.25, 0.3) is 0 Å².